The van der Waals surface area contributed by atoms with Gasteiger partial charge in [0.2, 0.25) is 0 Å². The number of hydrogen-bond acceptors (Lipinski definition) is 4. The first-order valence-corrected chi connectivity index (χ1v) is 12.8. The monoisotopic (exact) mass is 444 g/mol. The summed E-state index contributed by atoms with van der Waals surface area (Å²) < 4.78 is 11.0. The van der Waals surface area contributed by atoms with E-state index >= 15 is 0 Å². The van der Waals surface area contributed by atoms with Gasteiger partial charge in [-0.2, -0.15) is 0 Å². The molecule has 0 amide bonds. The van der Waals surface area contributed by atoms with Crippen LogP contribution in [0.3, 0.4) is 0 Å². The van der Waals surface area contributed by atoms with Crippen molar-refractivity contribution in [3.8, 4) is 0 Å². The maximum Gasteiger partial charge on any atom is 0.333 e. The van der Waals surface area contributed by atoms with E-state index in [1.54, 1.807) is 22.9 Å². The molecule has 3 aliphatic rings. The molecule has 3 rings (SSSR count). The molecule has 3 nitrogen and oxygen atoms in total. The highest BCUT2D eigenvalue weighted by Crippen LogP contribution is 2.57. The summed E-state index contributed by atoms with van der Waals surface area (Å²) >= 11 is 1.57. The van der Waals surface area contributed by atoms with Gasteiger partial charge in [0.05, 0.1) is 0 Å². The maximum atomic E-state index is 12.3. The first kappa shape index (κ1) is 24.2. The summed E-state index contributed by atoms with van der Waals surface area (Å²) in [7, 11) is 0. The fourth-order valence-corrected chi connectivity index (χ4v) is 6.46. The van der Waals surface area contributed by atoms with E-state index in [4.69, 9.17) is 9.47 Å². The van der Waals surface area contributed by atoms with Crippen molar-refractivity contribution in [3.63, 3.8) is 0 Å². The second kappa shape index (κ2) is 10.5. The van der Waals surface area contributed by atoms with Gasteiger partial charge >= 0.3 is 5.97 Å². The third-order valence-electron chi connectivity index (χ3n) is 7.14. The molecule has 4 heteroatoms. The number of esters is 1. The Morgan fingerprint density at radius 3 is 2.35 bits per heavy atom. The van der Waals surface area contributed by atoms with Crippen LogP contribution in [0.25, 0.3) is 0 Å². The standard InChI is InChI=1S/C27H40O3S/c1-16(2)24-23(25(17(3)4)26(24)21-12-11-18(5)13-21)10-8-9-19(6)27(28)29-14-22-15-31-20(7)30-22/h9,18,21-23,26H,7-8,10-15H2,1-6H3/b19-9+. The smallest absolute Gasteiger partial charge is 0.333 e. The van der Waals surface area contributed by atoms with Crippen molar-refractivity contribution in [1.29, 1.82) is 0 Å². The van der Waals surface area contributed by atoms with Crippen molar-refractivity contribution in [2.24, 2.45) is 23.7 Å². The molecule has 3 atom stereocenters. The number of carbonyl (C=O) groups excluding carboxylic acids is 1. The van der Waals surface area contributed by atoms with E-state index in [2.05, 4.69) is 47.3 Å². The number of ether oxygens (including phenoxy) is 2. The largest absolute Gasteiger partial charge is 0.480 e. The summed E-state index contributed by atoms with van der Waals surface area (Å²) in [5, 5.41) is 0.712. The third-order valence-corrected chi connectivity index (χ3v) is 8.10. The molecule has 0 aromatic carbocycles. The Balaban J connectivity index is 1.58. The molecule has 3 fully saturated rings. The molecule has 2 saturated carbocycles. The number of hydrogen-bond donors (Lipinski definition) is 0. The van der Waals surface area contributed by atoms with Gasteiger partial charge in [-0.25, -0.2) is 4.79 Å². The minimum atomic E-state index is -0.234. The molecule has 0 aromatic heterocycles. The number of carbonyl (C=O) groups is 1. The average Bonchev–Trinajstić information content (AvgIpc) is 3.28. The normalized spacial score (nSPS) is 30.8. The molecule has 1 saturated heterocycles. The molecule has 0 radical (unpaired) electrons. The van der Waals surface area contributed by atoms with Crippen LogP contribution in [0.4, 0.5) is 0 Å². The minimum absolute atomic E-state index is 0.0695. The van der Waals surface area contributed by atoms with E-state index in [1.165, 1.54) is 30.4 Å². The fraction of sp³-hybridized carbons (Fsp3) is 0.667. The van der Waals surface area contributed by atoms with Gasteiger partial charge in [-0.05, 0) is 78.7 Å². The molecule has 1 heterocycles. The zero-order valence-electron chi connectivity index (χ0n) is 20.3. The van der Waals surface area contributed by atoms with Crippen LogP contribution >= 0.6 is 11.8 Å². The van der Waals surface area contributed by atoms with Crippen LogP contribution in [0, 0.1) is 23.7 Å². The highest BCUT2D eigenvalue weighted by Gasteiger charge is 2.46. The molecule has 3 unspecified atom stereocenters. The molecule has 0 N–H and O–H groups in total. The van der Waals surface area contributed by atoms with E-state index in [-0.39, 0.29) is 12.1 Å². The maximum absolute atomic E-state index is 12.3. The second-order valence-corrected chi connectivity index (χ2v) is 11.2. The summed E-state index contributed by atoms with van der Waals surface area (Å²) in [6.07, 6.45) is 8.08. The number of thioether (sulfide) groups is 1. The molecule has 0 aromatic rings. The Bertz CT molecular complexity index is 769. The summed E-state index contributed by atoms with van der Waals surface area (Å²) in [4.78, 5) is 12.3. The van der Waals surface area contributed by atoms with Crippen LogP contribution in [0.5, 0.6) is 0 Å². The van der Waals surface area contributed by atoms with Crippen molar-refractivity contribution in [2.75, 3.05) is 12.4 Å². The van der Waals surface area contributed by atoms with Crippen LogP contribution in [0.2, 0.25) is 0 Å². The van der Waals surface area contributed by atoms with Gasteiger partial charge in [-0.3, -0.25) is 0 Å². The predicted molar refractivity (Wildman–Crippen MR) is 131 cm³/mol. The molecular formula is C27H40O3S. The van der Waals surface area contributed by atoms with E-state index in [9.17, 15) is 4.79 Å². The lowest BCUT2D eigenvalue weighted by Crippen LogP contribution is -2.37. The minimum Gasteiger partial charge on any atom is -0.480 e. The number of rotatable bonds is 7. The molecule has 2 aliphatic carbocycles. The van der Waals surface area contributed by atoms with Gasteiger partial charge in [-0.15, -0.1) is 0 Å². The predicted octanol–water partition coefficient (Wildman–Crippen LogP) is 7.21. The quantitative estimate of drug-likeness (QED) is 0.236. The summed E-state index contributed by atoms with van der Waals surface area (Å²) in [6, 6.07) is 0. The fourth-order valence-electron chi connectivity index (χ4n) is 5.72. The van der Waals surface area contributed by atoms with Crippen molar-refractivity contribution in [2.45, 2.75) is 79.8 Å². The van der Waals surface area contributed by atoms with E-state index in [0.717, 1.165) is 30.4 Å². The van der Waals surface area contributed by atoms with Crippen LogP contribution in [0.1, 0.15) is 73.6 Å². The first-order chi connectivity index (χ1) is 14.7. The second-order valence-electron chi connectivity index (χ2n) is 10.1. The van der Waals surface area contributed by atoms with E-state index < -0.39 is 0 Å². The van der Waals surface area contributed by atoms with Crippen molar-refractivity contribution in [3.05, 3.63) is 45.6 Å². The van der Waals surface area contributed by atoms with Gasteiger partial charge in [0.1, 0.15) is 17.8 Å². The lowest BCUT2D eigenvalue weighted by atomic mass is 9.56. The lowest BCUT2D eigenvalue weighted by molar-refractivity contribution is -0.141. The third kappa shape index (κ3) is 5.69. The molecule has 1 aliphatic heterocycles. The van der Waals surface area contributed by atoms with Gasteiger partial charge in [0, 0.05) is 23.2 Å². The average molecular weight is 445 g/mol. The molecule has 31 heavy (non-hydrogen) atoms. The lowest BCUT2D eigenvalue weighted by Gasteiger charge is -2.48. The van der Waals surface area contributed by atoms with Gasteiger partial charge in [-0.1, -0.05) is 53.5 Å². The summed E-state index contributed by atoms with van der Waals surface area (Å²) in [5.74, 6) is 3.46. The van der Waals surface area contributed by atoms with E-state index in [1.807, 2.05) is 6.92 Å². The molecule has 0 spiro atoms. The van der Waals surface area contributed by atoms with Gasteiger partial charge < -0.3 is 9.47 Å². The first-order valence-electron chi connectivity index (χ1n) is 11.9. The van der Waals surface area contributed by atoms with Crippen LogP contribution < -0.4 is 0 Å². The van der Waals surface area contributed by atoms with E-state index in [0.29, 0.717) is 29.1 Å². The Hall–Kier alpha value is -1.42. The van der Waals surface area contributed by atoms with Crippen molar-refractivity contribution >= 4 is 17.7 Å². The molecular weight excluding hydrogens is 404 g/mol. The zero-order valence-corrected chi connectivity index (χ0v) is 21.1. The Labute approximate surface area is 193 Å². The van der Waals surface area contributed by atoms with Gasteiger partial charge in [0.25, 0.3) is 0 Å². The summed E-state index contributed by atoms with van der Waals surface area (Å²) in [5.41, 5.74) is 7.05. The van der Waals surface area contributed by atoms with Crippen LogP contribution in [0.15, 0.2) is 45.6 Å². The number of allylic oxidation sites excluding steroid dienone is 5. The molecule has 172 valence electrons. The Morgan fingerprint density at radius 1 is 1.16 bits per heavy atom. The highest BCUT2D eigenvalue weighted by molar-refractivity contribution is 8.03. The van der Waals surface area contributed by atoms with Crippen LogP contribution in [-0.4, -0.2) is 24.4 Å². The highest BCUT2D eigenvalue weighted by atomic mass is 32.2. The Morgan fingerprint density at radius 2 is 1.84 bits per heavy atom. The zero-order chi connectivity index (χ0) is 22.7. The van der Waals surface area contributed by atoms with Crippen molar-refractivity contribution in [1.82, 2.24) is 0 Å². The SMILES string of the molecule is C=C1OC(COC(=O)/C(C)=C/CCC2C(=C(C)C)C(C3CCC(C)C3)C2=C(C)C)CS1. The topological polar surface area (TPSA) is 35.5 Å². The Kier molecular flexibility index (Phi) is 8.18. The summed E-state index contributed by atoms with van der Waals surface area (Å²) in [6.45, 7) is 17.5. The van der Waals surface area contributed by atoms with Crippen molar-refractivity contribution < 1.29 is 14.3 Å². The van der Waals surface area contributed by atoms with Crippen LogP contribution in [-0.2, 0) is 14.3 Å². The van der Waals surface area contributed by atoms with Gasteiger partial charge in [0.15, 0.2) is 0 Å². The molecule has 0 bridgehead atoms.